The Balaban J connectivity index is 2.64. The summed E-state index contributed by atoms with van der Waals surface area (Å²) in [5.41, 5.74) is 1.11. The quantitative estimate of drug-likeness (QED) is 0.541. The standard InChI is InChI=1S/C10H12O2S/c1-13(12)10-6-4-9(5-7-10)3-2-8-11/h4-8H,2-3H2,1H3. The number of benzene rings is 1. The predicted octanol–water partition coefficient (Wildman–Crippen LogP) is 1.56. The van der Waals surface area contributed by atoms with Crippen molar-refractivity contribution >= 4 is 17.5 Å². The van der Waals surface area contributed by atoms with Gasteiger partial charge in [-0.3, -0.25) is 0 Å². The smallest absolute Gasteiger partial charge is 0.152 e. The van der Waals surface area contributed by atoms with Gasteiger partial charge in [0.1, 0.15) is 12.5 Å². The van der Waals surface area contributed by atoms with E-state index in [9.17, 15) is 9.35 Å². The van der Waals surface area contributed by atoms with Gasteiger partial charge in [-0.25, -0.2) is 0 Å². The van der Waals surface area contributed by atoms with E-state index in [1.165, 1.54) is 0 Å². The summed E-state index contributed by atoms with van der Waals surface area (Å²) in [5, 5.41) is 0. The van der Waals surface area contributed by atoms with Crippen molar-refractivity contribution in [3.05, 3.63) is 29.8 Å². The third kappa shape index (κ3) is 3.20. The molecule has 0 radical (unpaired) electrons. The van der Waals surface area contributed by atoms with Crippen LogP contribution in [0, 0.1) is 0 Å². The summed E-state index contributed by atoms with van der Waals surface area (Å²) in [6.45, 7) is 0. The average Bonchev–Trinajstić information content (AvgIpc) is 2.15. The zero-order valence-electron chi connectivity index (χ0n) is 7.53. The topological polar surface area (TPSA) is 40.1 Å². The molecule has 0 heterocycles. The molecule has 1 atom stereocenters. The lowest BCUT2D eigenvalue weighted by molar-refractivity contribution is -0.107. The molecule has 0 N–H and O–H groups in total. The SMILES string of the molecule is C[S+]([O-])c1ccc(CCC=O)cc1. The second kappa shape index (κ2) is 5.04. The summed E-state index contributed by atoms with van der Waals surface area (Å²) in [6, 6.07) is 7.52. The second-order valence-electron chi connectivity index (χ2n) is 2.80. The van der Waals surface area contributed by atoms with Crippen molar-refractivity contribution in [2.75, 3.05) is 6.26 Å². The first-order valence-electron chi connectivity index (χ1n) is 4.10. The molecule has 0 aliphatic rings. The van der Waals surface area contributed by atoms with Crippen molar-refractivity contribution in [1.29, 1.82) is 0 Å². The van der Waals surface area contributed by atoms with Crippen LogP contribution in [0.3, 0.4) is 0 Å². The van der Waals surface area contributed by atoms with Crippen LogP contribution in [0.1, 0.15) is 12.0 Å². The number of carbonyl (C=O) groups is 1. The molecule has 1 aromatic rings. The van der Waals surface area contributed by atoms with E-state index in [4.69, 9.17) is 0 Å². The molecule has 3 heteroatoms. The number of aryl methyl sites for hydroxylation is 1. The Hall–Kier alpha value is -0.800. The summed E-state index contributed by atoms with van der Waals surface area (Å²) >= 11 is -0.912. The average molecular weight is 196 g/mol. The summed E-state index contributed by atoms with van der Waals surface area (Å²) in [4.78, 5) is 10.9. The molecule has 0 spiro atoms. The van der Waals surface area contributed by atoms with E-state index in [2.05, 4.69) is 0 Å². The second-order valence-corrected chi connectivity index (χ2v) is 4.18. The highest BCUT2D eigenvalue weighted by Gasteiger charge is 2.02. The van der Waals surface area contributed by atoms with Gasteiger partial charge in [0, 0.05) is 6.42 Å². The Bertz CT molecular complexity index is 267. The van der Waals surface area contributed by atoms with Crippen LogP contribution in [0.5, 0.6) is 0 Å². The molecule has 0 fully saturated rings. The van der Waals surface area contributed by atoms with Crippen molar-refractivity contribution in [2.24, 2.45) is 0 Å². The Kier molecular flexibility index (Phi) is 3.99. The largest absolute Gasteiger partial charge is 0.612 e. The van der Waals surface area contributed by atoms with Crippen molar-refractivity contribution in [1.82, 2.24) is 0 Å². The Morgan fingerprint density at radius 2 is 2.00 bits per heavy atom. The lowest BCUT2D eigenvalue weighted by atomic mass is 10.1. The van der Waals surface area contributed by atoms with Crippen molar-refractivity contribution in [2.45, 2.75) is 17.7 Å². The molecule has 1 unspecified atom stereocenters. The Labute approximate surface area is 81.1 Å². The number of carbonyl (C=O) groups excluding carboxylic acids is 1. The normalized spacial score (nSPS) is 12.5. The molecule has 1 aromatic carbocycles. The first-order valence-corrected chi connectivity index (χ1v) is 5.66. The molecule has 2 nitrogen and oxygen atoms in total. The molecule has 0 bridgehead atoms. The van der Waals surface area contributed by atoms with E-state index >= 15 is 0 Å². The fourth-order valence-corrected chi connectivity index (χ4v) is 1.59. The lowest BCUT2D eigenvalue weighted by Crippen LogP contribution is -1.97. The molecular formula is C10H12O2S. The van der Waals surface area contributed by atoms with Crippen LogP contribution in [-0.4, -0.2) is 17.1 Å². The minimum Gasteiger partial charge on any atom is -0.612 e. The fraction of sp³-hybridized carbons (Fsp3) is 0.300. The first kappa shape index (κ1) is 10.3. The van der Waals surface area contributed by atoms with E-state index in [1.54, 1.807) is 6.26 Å². The van der Waals surface area contributed by atoms with Gasteiger partial charge in [0.05, 0.1) is 0 Å². The van der Waals surface area contributed by atoms with Gasteiger partial charge in [0.25, 0.3) is 0 Å². The molecule has 13 heavy (non-hydrogen) atoms. The minimum atomic E-state index is -0.912. The summed E-state index contributed by atoms with van der Waals surface area (Å²) < 4.78 is 11.0. The van der Waals surface area contributed by atoms with Crippen molar-refractivity contribution < 1.29 is 9.35 Å². The molecule has 0 saturated heterocycles. The molecule has 70 valence electrons. The highest BCUT2D eigenvalue weighted by Crippen LogP contribution is 2.10. The van der Waals surface area contributed by atoms with E-state index in [-0.39, 0.29) is 0 Å². The third-order valence-electron chi connectivity index (χ3n) is 1.81. The summed E-state index contributed by atoms with van der Waals surface area (Å²) in [5.74, 6) is 0. The molecule has 0 saturated carbocycles. The third-order valence-corrected chi connectivity index (χ3v) is 2.74. The molecule has 0 amide bonds. The van der Waals surface area contributed by atoms with Crippen LogP contribution in [-0.2, 0) is 22.4 Å². The maximum Gasteiger partial charge on any atom is 0.152 e. The molecule has 1 rings (SSSR count). The maximum atomic E-state index is 11.0. The molecule has 0 aliphatic carbocycles. The van der Waals surface area contributed by atoms with Gasteiger partial charge in [0.15, 0.2) is 4.90 Å². The summed E-state index contributed by atoms with van der Waals surface area (Å²) in [7, 11) is 0. The minimum absolute atomic E-state index is 0.550. The van der Waals surface area contributed by atoms with Crippen molar-refractivity contribution in [3.8, 4) is 0 Å². The zero-order chi connectivity index (χ0) is 9.68. The monoisotopic (exact) mass is 196 g/mol. The van der Waals surface area contributed by atoms with E-state index in [0.29, 0.717) is 6.42 Å². The van der Waals surface area contributed by atoms with Gasteiger partial charge in [0.2, 0.25) is 0 Å². The molecule has 0 aliphatic heterocycles. The van der Waals surface area contributed by atoms with Gasteiger partial charge in [-0.15, -0.1) is 0 Å². The van der Waals surface area contributed by atoms with Gasteiger partial charge < -0.3 is 9.35 Å². The van der Waals surface area contributed by atoms with Crippen LogP contribution in [0.25, 0.3) is 0 Å². The number of hydrogen-bond donors (Lipinski definition) is 0. The summed E-state index contributed by atoms with van der Waals surface area (Å²) in [6.07, 6.45) is 3.88. The van der Waals surface area contributed by atoms with E-state index in [0.717, 1.165) is 23.2 Å². The van der Waals surface area contributed by atoms with E-state index < -0.39 is 11.2 Å². The van der Waals surface area contributed by atoms with Crippen molar-refractivity contribution in [3.63, 3.8) is 0 Å². The van der Waals surface area contributed by atoms with Gasteiger partial charge in [-0.1, -0.05) is 12.1 Å². The van der Waals surface area contributed by atoms with Crippen LogP contribution in [0.4, 0.5) is 0 Å². The zero-order valence-corrected chi connectivity index (χ0v) is 8.34. The Morgan fingerprint density at radius 1 is 1.38 bits per heavy atom. The predicted molar refractivity (Wildman–Crippen MR) is 53.2 cm³/mol. The number of rotatable bonds is 4. The number of aldehydes is 1. The Morgan fingerprint density at radius 3 is 2.46 bits per heavy atom. The lowest BCUT2D eigenvalue weighted by Gasteiger charge is -2.04. The first-order chi connectivity index (χ1) is 6.24. The van der Waals surface area contributed by atoms with Crippen LogP contribution < -0.4 is 0 Å². The van der Waals surface area contributed by atoms with Gasteiger partial charge >= 0.3 is 0 Å². The van der Waals surface area contributed by atoms with Crippen LogP contribution >= 0.6 is 0 Å². The highest BCUT2D eigenvalue weighted by molar-refractivity contribution is 7.90. The fourth-order valence-electron chi connectivity index (χ4n) is 1.07. The molecule has 0 aromatic heterocycles. The van der Waals surface area contributed by atoms with Gasteiger partial charge in [-0.2, -0.15) is 0 Å². The number of hydrogen-bond acceptors (Lipinski definition) is 2. The van der Waals surface area contributed by atoms with Crippen LogP contribution in [0.15, 0.2) is 29.2 Å². The maximum absolute atomic E-state index is 11.0. The van der Waals surface area contributed by atoms with E-state index in [1.807, 2.05) is 24.3 Å². The van der Waals surface area contributed by atoms with Gasteiger partial charge in [-0.05, 0) is 35.3 Å². The van der Waals surface area contributed by atoms with Crippen LogP contribution in [0.2, 0.25) is 0 Å². The highest BCUT2D eigenvalue weighted by atomic mass is 32.2. The molecular weight excluding hydrogens is 184 g/mol.